The van der Waals surface area contributed by atoms with Crippen molar-refractivity contribution in [1.29, 1.82) is 0 Å². The van der Waals surface area contributed by atoms with Crippen LogP contribution in [0.15, 0.2) is 42.5 Å². The van der Waals surface area contributed by atoms with Crippen molar-refractivity contribution in [2.45, 2.75) is 6.18 Å². The fourth-order valence-electron chi connectivity index (χ4n) is 1.36. The molecule has 2 aromatic carbocycles. The van der Waals surface area contributed by atoms with Gasteiger partial charge in [-0.15, -0.1) is 0 Å². The van der Waals surface area contributed by atoms with E-state index in [0.717, 1.165) is 6.07 Å². The normalized spacial score (nSPS) is 11.3. The van der Waals surface area contributed by atoms with Crippen LogP contribution in [0.25, 0.3) is 0 Å². The van der Waals surface area contributed by atoms with Crippen LogP contribution in [0.4, 0.5) is 17.6 Å². The highest BCUT2D eigenvalue weighted by Crippen LogP contribution is 2.33. The second-order valence-electron chi connectivity index (χ2n) is 3.48. The number of rotatable bonds is 2. The fourth-order valence-corrected chi connectivity index (χ4v) is 1.36. The van der Waals surface area contributed by atoms with Gasteiger partial charge in [-0.3, -0.25) is 0 Å². The zero-order chi connectivity index (χ0) is 13.2. The molecule has 1 radical (unpaired) electrons. The maximum atomic E-state index is 13.2. The summed E-state index contributed by atoms with van der Waals surface area (Å²) in [4.78, 5) is 0. The van der Waals surface area contributed by atoms with E-state index < -0.39 is 17.6 Å². The van der Waals surface area contributed by atoms with E-state index in [1.165, 1.54) is 0 Å². The molecule has 0 saturated heterocycles. The molecule has 0 spiro atoms. The molecule has 0 heterocycles. The summed E-state index contributed by atoms with van der Waals surface area (Å²) < 4.78 is 55.4. The molecule has 0 aliphatic carbocycles. The lowest BCUT2D eigenvalue weighted by molar-refractivity contribution is -0.140. The van der Waals surface area contributed by atoms with Crippen LogP contribution >= 0.6 is 0 Å². The second kappa shape index (κ2) is 4.68. The molecule has 2 aromatic rings. The van der Waals surface area contributed by atoms with Gasteiger partial charge in [0.25, 0.3) is 0 Å². The molecular formula is C13H7F4O. The molecule has 0 N–H and O–H groups in total. The van der Waals surface area contributed by atoms with Crippen molar-refractivity contribution in [2.24, 2.45) is 0 Å². The number of ether oxygens (including phenoxy) is 1. The molecule has 0 aliphatic rings. The largest absolute Gasteiger partial charge is 0.457 e. The van der Waals surface area contributed by atoms with Gasteiger partial charge in [-0.05, 0) is 30.3 Å². The molecule has 93 valence electrons. The molecule has 0 bridgehead atoms. The van der Waals surface area contributed by atoms with Crippen molar-refractivity contribution >= 4 is 0 Å². The van der Waals surface area contributed by atoms with Gasteiger partial charge in [0.15, 0.2) is 0 Å². The summed E-state index contributed by atoms with van der Waals surface area (Å²) >= 11 is 0. The van der Waals surface area contributed by atoms with Gasteiger partial charge in [-0.1, -0.05) is 12.1 Å². The number of halogens is 4. The van der Waals surface area contributed by atoms with Gasteiger partial charge in [0.2, 0.25) is 0 Å². The lowest BCUT2D eigenvalue weighted by Gasteiger charge is -2.10. The highest BCUT2D eigenvalue weighted by atomic mass is 19.4. The Labute approximate surface area is 101 Å². The van der Waals surface area contributed by atoms with Crippen molar-refractivity contribution in [3.63, 3.8) is 0 Å². The Morgan fingerprint density at radius 1 is 0.944 bits per heavy atom. The van der Waals surface area contributed by atoms with Crippen LogP contribution < -0.4 is 4.74 Å². The molecule has 0 unspecified atom stereocenters. The highest BCUT2D eigenvalue weighted by molar-refractivity contribution is 5.34. The van der Waals surface area contributed by atoms with Gasteiger partial charge in [0.05, 0.1) is 5.56 Å². The summed E-state index contributed by atoms with van der Waals surface area (Å²) in [5.41, 5.74) is -1.31. The standard InChI is InChI=1S/C13H7F4O/c14-12-8-10(6-7-11(12)13(15,16)17)18-9-4-2-1-3-5-9/h2-8H. The van der Waals surface area contributed by atoms with Gasteiger partial charge in [-0.25, -0.2) is 4.39 Å². The summed E-state index contributed by atoms with van der Waals surface area (Å²) in [5, 5.41) is 0. The lowest BCUT2D eigenvalue weighted by atomic mass is 10.2. The minimum atomic E-state index is -4.70. The van der Waals surface area contributed by atoms with Crippen molar-refractivity contribution in [3.05, 3.63) is 59.9 Å². The third kappa shape index (κ3) is 2.80. The molecule has 0 atom stereocenters. The highest BCUT2D eigenvalue weighted by Gasteiger charge is 2.34. The average molecular weight is 255 g/mol. The maximum Gasteiger partial charge on any atom is 0.419 e. The molecule has 0 saturated carbocycles. The summed E-state index contributed by atoms with van der Waals surface area (Å²) in [6.07, 6.45) is -4.70. The first-order chi connectivity index (χ1) is 8.47. The minimum Gasteiger partial charge on any atom is -0.457 e. The van der Waals surface area contributed by atoms with Gasteiger partial charge >= 0.3 is 6.18 Å². The summed E-state index contributed by atoms with van der Waals surface area (Å²) in [7, 11) is 0. The molecule has 0 aromatic heterocycles. The molecule has 0 aliphatic heterocycles. The van der Waals surface area contributed by atoms with Crippen molar-refractivity contribution in [3.8, 4) is 11.5 Å². The summed E-state index contributed by atoms with van der Waals surface area (Å²) in [6.45, 7) is 0. The lowest BCUT2D eigenvalue weighted by Crippen LogP contribution is -2.07. The van der Waals surface area contributed by atoms with Crippen LogP contribution in [0.2, 0.25) is 0 Å². The van der Waals surface area contributed by atoms with Crippen molar-refractivity contribution < 1.29 is 22.3 Å². The van der Waals surface area contributed by atoms with E-state index in [9.17, 15) is 17.6 Å². The number of benzene rings is 2. The van der Waals surface area contributed by atoms with E-state index >= 15 is 0 Å². The van der Waals surface area contributed by atoms with Crippen LogP contribution in [-0.4, -0.2) is 0 Å². The van der Waals surface area contributed by atoms with Crippen LogP contribution in [0.5, 0.6) is 11.5 Å². The first-order valence-electron chi connectivity index (χ1n) is 4.97. The maximum absolute atomic E-state index is 13.2. The molecule has 0 fully saturated rings. The van der Waals surface area contributed by atoms with Crippen LogP contribution in [0.1, 0.15) is 5.56 Å². The Morgan fingerprint density at radius 3 is 2.17 bits per heavy atom. The molecule has 18 heavy (non-hydrogen) atoms. The molecule has 1 nitrogen and oxygen atoms in total. The monoisotopic (exact) mass is 255 g/mol. The van der Waals surface area contributed by atoms with E-state index in [-0.39, 0.29) is 5.75 Å². The summed E-state index contributed by atoms with van der Waals surface area (Å²) in [5.74, 6) is -0.956. The third-order valence-electron chi connectivity index (χ3n) is 2.17. The van der Waals surface area contributed by atoms with E-state index in [2.05, 4.69) is 6.07 Å². The Kier molecular flexibility index (Phi) is 3.23. The van der Waals surface area contributed by atoms with Crippen LogP contribution in [-0.2, 0) is 6.18 Å². The van der Waals surface area contributed by atoms with Gasteiger partial charge in [0, 0.05) is 6.07 Å². The van der Waals surface area contributed by atoms with Gasteiger partial charge < -0.3 is 4.74 Å². The Balaban J connectivity index is 2.25. The first-order valence-corrected chi connectivity index (χ1v) is 4.97. The zero-order valence-electron chi connectivity index (χ0n) is 8.96. The van der Waals surface area contributed by atoms with Gasteiger partial charge in [0.1, 0.15) is 17.3 Å². The first kappa shape index (κ1) is 12.4. The van der Waals surface area contributed by atoms with Crippen LogP contribution in [0, 0.1) is 11.9 Å². The summed E-state index contributed by atoms with van der Waals surface area (Å²) in [6, 6.07) is 11.5. The van der Waals surface area contributed by atoms with Crippen molar-refractivity contribution in [2.75, 3.05) is 0 Å². The molecule has 2 rings (SSSR count). The number of hydrogen-bond acceptors (Lipinski definition) is 1. The van der Waals surface area contributed by atoms with Crippen molar-refractivity contribution in [1.82, 2.24) is 0 Å². The molecule has 0 amide bonds. The second-order valence-corrected chi connectivity index (χ2v) is 3.48. The smallest absolute Gasteiger partial charge is 0.419 e. The van der Waals surface area contributed by atoms with Gasteiger partial charge in [-0.2, -0.15) is 13.2 Å². The third-order valence-corrected chi connectivity index (χ3v) is 2.17. The molecular weight excluding hydrogens is 248 g/mol. The topological polar surface area (TPSA) is 9.23 Å². The number of hydrogen-bond donors (Lipinski definition) is 0. The van der Waals surface area contributed by atoms with E-state index in [0.29, 0.717) is 17.9 Å². The zero-order valence-corrected chi connectivity index (χ0v) is 8.96. The van der Waals surface area contributed by atoms with E-state index in [4.69, 9.17) is 4.74 Å². The van der Waals surface area contributed by atoms with E-state index in [1.54, 1.807) is 24.3 Å². The quantitative estimate of drug-likeness (QED) is 0.721. The Bertz CT molecular complexity index is 534. The Hall–Kier alpha value is -2.04. The number of alkyl halides is 3. The molecule has 5 heteroatoms. The predicted octanol–water partition coefficient (Wildman–Crippen LogP) is 4.44. The SMILES string of the molecule is Fc1cc(Oc2cc[c]cc2)ccc1C(F)(F)F. The average Bonchev–Trinajstić information content (AvgIpc) is 2.28. The van der Waals surface area contributed by atoms with Crippen LogP contribution in [0.3, 0.4) is 0 Å². The predicted molar refractivity (Wildman–Crippen MR) is 56.8 cm³/mol. The van der Waals surface area contributed by atoms with E-state index in [1.807, 2.05) is 0 Å². The minimum absolute atomic E-state index is 0.00620. The fraction of sp³-hybridized carbons (Fsp3) is 0.0769. The Morgan fingerprint density at radius 2 is 1.61 bits per heavy atom.